The zero-order valence-corrected chi connectivity index (χ0v) is 10.5. The van der Waals surface area contributed by atoms with Crippen LogP contribution in [0.4, 0.5) is 11.4 Å². The summed E-state index contributed by atoms with van der Waals surface area (Å²) < 4.78 is 0. The normalized spacial score (nSPS) is 18.2. The molecule has 2 rings (SSSR count). The molecule has 0 spiro atoms. The topological polar surface area (TPSA) is 54.2 Å². The Labute approximate surface area is 103 Å². The molecule has 0 aromatic carbocycles. The number of likely N-dealkylation sites (tertiary alicyclic amines) is 1. The summed E-state index contributed by atoms with van der Waals surface area (Å²) in [4.78, 5) is 6.39. The zero-order chi connectivity index (χ0) is 12.1. The SMILES string of the molecule is CN1CCC(CCNc2ccncc2N)CC1. The molecule has 0 unspecified atom stereocenters. The molecule has 2 heterocycles. The Morgan fingerprint density at radius 2 is 2.24 bits per heavy atom. The van der Waals surface area contributed by atoms with Crippen LogP contribution in [-0.4, -0.2) is 36.6 Å². The molecular formula is C13H22N4. The Balaban J connectivity index is 1.71. The standard InChI is InChI=1S/C13H22N4/c1-17-8-4-11(5-9-17)2-7-16-13-3-6-15-10-12(13)14/h3,6,10-11H,2,4-5,7-9,14H2,1H3,(H,15,16). The van der Waals surface area contributed by atoms with E-state index < -0.39 is 0 Å². The first-order valence-electron chi connectivity index (χ1n) is 6.37. The van der Waals surface area contributed by atoms with E-state index in [4.69, 9.17) is 5.73 Å². The van der Waals surface area contributed by atoms with E-state index in [2.05, 4.69) is 22.2 Å². The van der Waals surface area contributed by atoms with Crippen molar-refractivity contribution in [2.75, 3.05) is 37.7 Å². The third kappa shape index (κ3) is 3.60. The van der Waals surface area contributed by atoms with Gasteiger partial charge in [-0.15, -0.1) is 0 Å². The lowest BCUT2D eigenvalue weighted by Crippen LogP contribution is -2.30. The largest absolute Gasteiger partial charge is 0.396 e. The summed E-state index contributed by atoms with van der Waals surface area (Å²) >= 11 is 0. The van der Waals surface area contributed by atoms with E-state index in [-0.39, 0.29) is 0 Å². The maximum Gasteiger partial charge on any atom is 0.0736 e. The van der Waals surface area contributed by atoms with Crippen molar-refractivity contribution in [3.63, 3.8) is 0 Å². The smallest absolute Gasteiger partial charge is 0.0736 e. The van der Waals surface area contributed by atoms with Crippen LogP contribution >= 0.6 is 0 Å². The van der Waals surface area contributed by atoms with Crippen molar-refractivity contribution >= 4 is 11.4 Å². The van der Waals surface area contributed by atoms with Gasteiger partial charge in [-0.25, -0.2) is 0 Å². The maximum absolute atomic E-state index is 5.83. The first-order chi connectivity index (χ1) is 8.25. The number of piperidine rings is 1. The van der Waals surface area contributed by atoms with Crippen LogP contribution in [0.15, 0.2) is 18.5 Å². The van der Waals surface area contributed by atoms with Crippen molar-refractivity contribution in [3.8, 4) is 0 Å². The van der Waals surface area contributed by atoms with E-state index in [1.165, 1.54) is 32.4 Å². The van der Waals surface area contributed by atoms with E-state index in [0.717, 1.165) is 23.8 Å². The summed E-state index contributed by atoms with van der Waals surface area (Å²) in [6.45, 7) is 3.48. The minimum absolute atomic E-state index is 0.732. The molecule has 1 aromatic heterocycles. The van der Waals surface area contributed by atoms with Crippen LogP contribution < -0.4 is 11.1 Å². The molecule has 0 saturated carbocycles. The monoisotopic (exact) mass is 234 g/mol. The highest BCUT2D eigenvalue weighted by Gasteiger charge is 2.15. The number of nitrogens with two attached hydrogens (primary N) is 1. The number of hydrogen-bond acceptors (Lipinski definition) is 4. The molecule has 1 aromatic rings. The average molecular weight is 234 g/mol. The van der Waals surface area contributed by atoms with E-state index >= 15 is 0 Å². The summed E-state index contributed by atoms with van der Waals surface area (Å²) in [5.74, 6) is 0.863. The lowest BCUT2D eigenvalue weighted by atomic mass is 9.94. The summed E-state index contributed by atoms with van der Waals surface area (Å²) in [6, 6.07) is 1.93. The predicted molar refractivity (Wildman–Crippen MR) is 72.0 cm³/mol. The first kappa shape index (κ1) is 12.2. The van der Waals surface area contributed by atoms with Gasteiger partial charge in [0.05, 0.1) is 17.6 Å². The molecule has 0 aliphatic carbocycles. The van der Waals surface area contributed by atoms with Crippen molar-refractivity contribution in [3.05, 3.63) is 18.5 Å². The van der Waals surface area contributed by atoms with Gasteiger partial charge >= 0.3 is 0 Å². The van der Waals surface area contributed by atoms with Crippen molar-refractivity contribution in [2.24, 2.45) is 5.92 Å². The maximum atomic E-state index is 5.83. The second kappa shape index (κ2) is 5.87. The Kier molecular flexibility index (Phi) is 4.20. The van der Waals surface area contributed by atoms with E-state index in [9.17, 15) is 0 Å². The number of nitrogens with one attached hydrogen (secondary N) is 1. The van der Waals surface area contributed by atoms with Gasteiger partial charge in [0.1, 0.15) is 0 Å². The van der Waals surface area contributed by atoms with Crippen LogP contribution in [0.5, 0.6) is 0 Å². The van der Waals surface area contributed by atoms with Crippen LogP contribution in [0.3, 0.4) is 0 Å². The summed E-state index contributed by atoms with van der Waals surface area (Å²) in [5, 5.41) is 3.39. The molecule has 0 amide bonds. The molecular weight excluding hydrogens is 212 g/mol. The number of nitrogen functional groups attached to an aromatic ring is 1. The van der Waals surface area contributed by atoms with Gasteiger partial charge in [-0.3, -0.25) is 4.98 Å². The van der Waals surface area contributed by atoms with Gasteiger partial charge in [0.2, 0.25) is 0 Å². The van der Waals surface area contributed by atoms with Crippen LogP contribution in [0.1, 0.15) is 19.3 Å². The van der Waals surface area contributed by atoms with Crippen LogP contribution in [0, 0.1) is 5.92 Å². The lowest BCUT2D eigenvalue weighted by molar-refractivity contribution is 0.215. The van der Waals surface area contributed by atoms with Gasteiger partial charge in [0, 0.05) is 12.7 Å². The highest BCUT2D eigenvalue weighted by molar-refractivity contribution is 5.64. The Bertz CT molecular complexity index is 345. The van der Waals surface area contributed by atoms with E-state index in [1.54, 1.807) is 12.4 Å². The van der Waals surface area contributed by atoms with E-state index in [0.29, 0.717) is 0 Å². The second-order valence-corrected chi connectivity index (χ2v) is 4.93. The summed E-state index contributed by atoms with van der Waals surface area (Å²) in [5.41, 5.74) is 7.57. The molecule has 0 radical (unpaired) electrons. The Morgan fingerprint density at radius 3 is 2.94 bits per heavy atom. The van der Waals surface area contributed by atoms with Gasteiger partial charge in [-0.1, -0.05) is 0 Å². The zero-order valence-electron chi connectivity index (χ0n) is 10.5. The van der Waals surface area contributed by atoms with Crippen LogP contribution in [-0.2, 0) is 0 Å². The number of aromatic nitrogens is 1. The molecule has 94 valence electrons. The molecule has 4 nitrogen and oxygen atoms in total. The fourth-order valence-corrected chi connectivity index (χ4v) is 2.33. The molecule has 1 aliphatic heterocycles. The van der Waals surface area contributed by atoms with Gasteiger partial charge in [-0.2, -0.15) is 0 Å². The van der Waals surface area contributed by atoms with Crippen molar-refractivity contribution in [1.82, 2.24) is 9.88 Å². The molecule has 0 bridgehead atoms. The number of pyridine rings is 1. The van der Waals surface area contributed by atoms with Crippen LogP contribution in [0.25, 0.3) is 0 Å². The average Bonchev–Trinajstić information content (AvgIpc) is 2.34. The highest BCUT2D eigenvalue weighted by Crippen LogP contribution is 2.20. The van der Waals surface area contributed by atoms with Crippen molar-refractivity contribution in [1.29, 1.82) is 0 Å². The minimum Gasteiger partial charge on any atom is -0.396 e. The fraction of sp³-hybridized carbons (Fsp3) is 0.615. The summed E-state index contributed by atoms with van der Waals surface area (Å²) in [6.07, 6.45) is 7.34. The quantitative estimate of drug-likeness (QED) is 0.834. The molecule has 1 aliphatic rings. The first-order valence-corrected chi connectivity index (χ1v) is 6.37. The van der Waals surface area contributed by atoms with Crippen molar-refractivity contribution < 1.29 is 0 Å². The number of rotatable bonds is 4. The van der Waals surface area contributed by atoms with Gasteiger partial charge in [0.15, 0.2) is 0 Å². The van der Waals surface area contributed by atoms with Gasteiger partial charge in [0.25, 0.3) is 0 Å². The minimum atomic E-state index is 0.732. The third-order valence-corrected chi connectivity index (χ3v) is 3.56. The molecule has 17 heavy (non-hydrogen) atoms. The molecule has 1 saturated heterocycles. The molecule has 3 N–H and O–H groups in total. The Hall–Kier alpha value is -1.29. The fourth-order valence-electron chi connectivity index (χ4n) is 2.33. The molecule has 1 fully saturated rings. The van der Waals surface area contributed by atoms with E-state index in [1.807, 2.05) is 6.07 Å². The molecule has 4 heteroatoms. The van der Waals surface area contributed by atoms with Crippen LogP contribution in [0.2, 0.25) is 0 Å². The number of anilines is 2. The highest BCUT2D eigenvalue weighted by atomic mass is 15.1. The molecule has 0 atom stereocenters. The second-order valence-electron chi connectivity index (χ2n) is 4.93. The lowest BCUT2D eigenvalue weighted by Gasteiger charge is -2.29. The Morgan fingerprint density at radius 1 is 1.47 bits per heavy atom. The number of nitrogens with zero attached hydrogens (tertiary/aromatic N) is 2. The summed E-state index contributed by atoms with van der Waals surface area (Å²) in [7, 11) is 2.20. The van der Waals surface area contributed by atoms with Crippen molar-refractivity contribution in [2.45, 2.75) is 19.3 Å². The number of hydrogen-bond donors (Lipinski definition) is 2. The predicted octanol–water partition coefficient (Wildman–Crippen LogP) is 1.81. The van der Waals surface area contributed by atoms with Gasteiger partial charge in [-0.05, 0) is 51.4 Å². The van der Waals surface area contributed by atoms with Gasteiger partial charge < -0.3 is 16.0 Å². The third-order valence-electron chi connectivity index (χ3n) is 3.56.